The molecule has 1 nitrogen and oxygen atoms in total. The lowest BCUT2D eigenvalue weighted by Gasteiger charge is -2.18. The van der Waals surface area contributed by atoms with Crippen molar-refractivity contribution in [2.75, 3.05) is 0 Å². The Morgan fingerprint density at radius 3 is 2.00 bits per heavy atom. The molecule has 0 aromatic rings. The van der Waals surface area contributed by atoms with Gasteiger partial charge in [0.25, 0.3) is 6.43 Å². The fourth-order valence-corrected chi connectivity index (χ4v) is 0.154. The van der Waals surface area contributed by atoms with Gasteiger partial charge in [0, 0.05) is 0 Å². The highest BCUT2D eigenvalue weighted by molar-refractivity contribution is 4.71. The van der Waals surface area contributed by atoms with Crippen LogP contribution in [0.2, 0.25) is 0 Å². The van der Waals surface area contributed by atoms with Crippen LogP contribution in [0.3, 0.4) is 0 Å². The van der Waals surface area contributed by atoms with Crippen LogP contribution >= 0.6 is 0 Å². The second kappa shape index (κ2) is 2.40. The molecule has 8 heavy (non-hydrogen) atoms. The molecule has 0 saturated heterocycles. The van der Waals surface area contributed by atoms with Crippen LogP contribution in [0.15, 0.2) is 0 Å². The third-order valence-electron chi connectivity index (χ3n) is 1.19. The number of rotatable bonds is 2. The lowest BCUT2D eigenvalue weighted by atomic mass is 10.1. The minimum absolute atomic E-state index is 0.0880. The lowest BCUT2D eigenvalue weighted by Crippen LogP contribution is -2.31. The van der Waals surface area contributed by atoms with Crippen molar-refractivity contribution in [2.24, 2.45) is 0 Å². The fraction of sp³-hybridized carbons (Fsp3) is 1.00. The molecule has 0 spiro atoms. The Hall–Kier alpha value is -0.180. The summed E-state index contributed by atoms with van der Waals surface area (Å²) in [4.78, 5) is 0. The zero-order valence-electron chi connectivity index (χ0n) is 4.99. The quantitative estimate of drug-likeness (QED) is 0.590. The largest absolute Gasteiger partial charge is 0.384 e. The fourth-order valence-electron chi connectivity index (χ4n) is 0.154. The summed E-state index contributed by atoms with van der Waals surface area (Å²) in [5.74, 6) is 0. The van der Waals surface area contributed by atoms with Crippen molar-refractivity contribution in [2.45, 2.75) is 32.3 Å². The van der Waals surface area contributed by atoms with Crippen LogP contribution in [0.5, 0.6) is 0 Å². The number of alkyl halides is 2. The maximum atomic E-state index is 11.6. The Morgan fingerprint density at radius 2 is 2.00 bits per heavy atom. The monoisotopic (exact) mass is 124 g/mol. The van der Waals surface area contributed by atoms with Crippen molar-refractivity contribution in [1.82, 2.24) is 0 Å². The smallest absolute Gasteiger partial charge is 0.266 e. The first-order valence-corrected chi connectivity index (χ1v) is 2.51. The summed E-state index contributed by atoms with van der Waals surface area (Å²) in [5.41, 5.74) is -1.79. The number of aliphatic hydroxyl groups is 1. The van der Waals surface area contributed by atoms with Crippen molar-refractivity contribution in [3.05, 3.63) is 0 Å². The van der Waals surface area contributed by atoms with Gasteiger partial charge in [0.05, 0.1) is 0 Å². The second-order valence-corrected chi connectivity index (χ2v) is 2.01. The Bertz CT molecular complexity index is 70.8. The van der Waals surface area contributed by atoms with E-state index < -0.39 is 12.0 Å². The molecule has 50 valence electrons. The molecular weight excluding hydrogens is 114 g/mol. The Morgan fingerprint density at radius 1 is 1.62 bits per heavy atom. The summed E-state index contributed by atoms with van der Waals surface area (Å²) in [6, 6.07) is 0. The molecule has 0 aromatic carbocycles. The Balaban J connectivity index is 3.71. The predicted molar refractivity (Wildman–Crippen MR) is 26.9 cm³/mol. The maximum absolute atomic E-state index is 11.6. The van der Waals surface area contributed by atoms with Crippen LogP contribution in [0.25, 0.3) is 0 Å². The van der Waals surface area contributed by atoms with E-state index in [4.69, 9.17) is 5.11 Å². The van der Waals surface area contributed by atoms with Crippen molar-refractivity contribution in [3.8, 4) is 0 Å². The van der Waals surface area contributed by atoms with Crippen LogP contribution in [-0.2, 0) is 0 Å². The summed E-state index contributed by atoms with van der Waals surface area (Å²) in [7, 11) is 0. The summed E-state index contributed by atoms with van der Waals surface area (Å²) in [5, 5.41) is 8.65. The molecule has 3 heteroatoms. The zero-order chi connectivity index (χ0) is 6.78. The van der Waals surface area contributed by atoms with E-state index in [-0.39, 0.29) is 6.42 Å². The second-order valence-electron chi connectivity index (χ2n) is 2.01. The molecule has 1 unspecified atom stereocenters. The maximum Gasteiger partial charge on any atom is 0.266 e. The number of hydrogen-bond donors (Lipinski definition) is 1. The average Bonchev–Trinajstić information content (AvgIpc) is 1.67. The van der Waals surface area contributed by atoms with Gasteiger partial charge in [-0.15, -0.1) is 0 Å². The highest BCUT2D eigenvalue weighted by atomic mass is 19.3. The highest BCUT2D eigenvalue weighted by Gasteiger charge is 2.29. The normalized spacial score (nSPS) is 18.8. The summed E-state index contributed by atoms with van der Waals surface area (Å²) in [6.45, 7) is 2.64. The van der Waals surface area contributed by atoms with Crippen LogP contribution in [0.1, 0.15) is 20.3 Å². The molecule has 0 amide bonds. The van der Waals surface area contributed by atoms with E-state index in [1.807, 2.05) is 0 Å². The molecule has 1 N–H and O–H groups in total. The standard InChI is InChI=1S/C5H10F2O/c1-3-5(2,8)4(6)7/h4,8H,3H2,1-2H3. The van der Waals surface area contributed by atoms with E-state index in [9.17, 15) is 8.78 Å². The van der Waals surface area contributed by atoms with Crippen LogP contribution in [0.4, 0.5) is 8.78 Å². The number of hydrogen-bond acceptors (Lipinski definition) is 1. The molecule has 0 aliphatic heterocycles. The van der Waals surface area contributed by atoms with Gasteiger partial charge in [-0.05, 0) is 13.3 Å². The van der Waals surface area contributed by atoms with Crippen LogP contribution < -0.4 is 0 Å². The SMILES string of the molecule is CCC(C)(O)C(F)F. The topological polar surface area (TPSA) is 20.2 Å². The van der Waals surface area contributed by atoms with Gasteiger partial charge < -0.3 is 5.11 Å². The van der Waals surface area contributed by atoms with Crippen molar-refractivity contribution >= 4 is 0 Å². The van der Waals surface area contributed by atoms with Crippen molar-refractivity contribution in [1.29, 1.82) is 0 Å². The Labute approximate surface area is 47.3 Å². The van der Waals surface area contributed by atoms with Crippen LogP contribution in [0, 0.1) is 0 Å². The summed E-state index contributed by atoms with van der Waals surface area (Å²) >= 11 is 0. The van der Waals surface area contributed by atoms with Gasteiger partial charge in [0.2, 0.25) is 0 Å². The van der Waals surface area contributed by atoms with E-state index in [0.29, 0.717) is 0 Å². The minimum atomic E-state index is -2.63. The molecule has 0 rings (SSSR count). The summed E-state index contributed by atoms with van der Waals surface area (Å²) < 4.78 is 23.1. The van der Waals surface area contributed by atoms with Gasteiger partial charge in [-0.1, -0.05) is 6.92 Å². The first kappa shape index (κ1) is 7.82. The molecule has 1 atom stereocenters. The van der Waals surface area contributed by atoms with Crippen molar-refractivity contribution < 1.29 is 13.9 Å². The average molecular weight is 124 g/mol. The molecular formula is C5H10F2O. The van der Waals surface area contributed by atoms with E-state index in [2.05, 4.69) is 0 Å². The first-order valence-electron chi connectivity index (χ1n) is 2.51. The molecule has 0 saturated carbocycles. The van der Waals surface area contributed by atoms with Crippen LogP contribution in [-0.4, -0.2) is 17.1 Å². The van der Waals surface area contributed by atoms with Gasteiger partial charge >= 0.3 is 0 Å². The van der Waals surface area contributed by atoms with Gasteiger partial charge in [0.1, 0.15) is 5.60 Å². The van der Waals surface area contributed by atoms with E-state index in [1.54, 1.807) is 0 Å². The van der Waals surface area contributed by atoms with E-state index >= 15 is 0 Å². The third kappa shape index (κ3) is 1.74. The molecule has 0 aliphatic rings. The zero-order valence-corrected chi connectivity index (χ0v) is 4.99. The molecule has 0 bridgehead atoms. The minimum Gasteiger partial charge on any atom is -0.384 e. The third-order valence-corrected chi connectivity index (χ3v) is 1.19. The first-order chi connectivity index (χ1) is 3.50. The van der Waals surface area contributed by atoms with Gasteiger partial charge in [-0.25, -0.2) is 8.78 Å². The summed E-state index contributed by atoms with van der Waals surface area (Å²) in [6.07, 6.45) is -2.54. The van der Waals surface area contributed by atoms with E-state index in [1.165, 1.54) is 6.92 Å². The molecule has 0 radical (unpaired) electrons. The molecule has 0 aromatic heterocycles. The predicted octanol–water partition coefficient (Wildman–Crippen LogP) is 1.41. The van der Waals surface area contributed by atoms with Gasteiger partial charge in [0.15, 0.2) is 0 Å². The van der Waals surface area contributed by atoms with E-state index in [0.717, 1.165) is 6.92 Å². The molecule has 0 fully saturated rings. The van der Waals surface area contributed by atoms with Gasteiger partial charge in [-0.3, -0.25) is 0 Å². The van der Waals surface area contributed by atoms with Gasteiger partial charge in [-0.2, -0.15) is 0 Å². The molecule has 0 heterocycles. The highest BCUT2D eigenvalue weighted by Crippen LogP contribution is 2.17. The molecule has 0 aliphatic carbocycles. The number of halogens is 2. The lowest BCUT2D eigenvalue weighted by molar-refractivity contribution is -0.0847. The van der Waals surface area contributed by atoms with Crippen molar-refractivity contribution in [3.63, 3.8) is 0 Å². The Kier molecular flexibility index (Phi) is 2.34.